The predicted octanol–water partition coefficient (Wildman–Crippen LogP) is 4.30. The van der Waals surface area contributed by atoms with Crippen LogP contribution in [0.3, 0.4) is 0 Å². The number of carbonyl (C=O) groups is 1. The molecule has 2 rings (SSSR count). The highest BCUT2D eigenvalue weighted by Crippen LogP contribution is 2.23. The van der Waals surface area contributed by atoms with E-state index in [0.717, 1.165) is 11.3 Å². The molecule has 3 heteroatoms. The van der Waals surface area contributed by atoms with Gasteiger partial charge in [-0.2, -0.15) is 0 Å². The lowest BCUT2D eigenvalue weighted by molar-refractivity contribution is -0.121. The lowest BCUT2D eigenvalue weighted by atomic mass is 9.95. The zero-order valence-corrected chi connectivity index (χ0v) is 14.2. The Morgan fingerprint density at radius 2 is 1.59 bits per heavy atom. The van der Waals surface area contributed by atoms with Gasteiger partial charge in [-0.25, -0.2) is 0 Å². The molecule has 0 heterocycles. The van der Waals surface area contributed by atoms with Gasteiger partial charge in [-0.1, -0.05) is 48.5 Å². The maximum Gasteiger partial charge on any atom is 0.233 e. The Hall–Kier alpha value is -1.74. The van der Waals surface area contributed by atoms with Gasteiger partial charge in [0.1, 0.15) is 0 Å². The van der Waals surface area contributed by atoms with E-state index in [9.17, 15) is 4.79 Å². The van der Waals surface area contributed by atoms with Crippen LogP contribution in [0.15, 0.2) is 65.6 Å². The number of hydrogen-bond acceptors (Lipinski definition) is 2. The Balaban J connectivity index is 1.92. The van der Waals surface area contributed by atoms with Crippen molar-refractivity contribution in [2.24, 2.45) is 0 Å². The smallest absolute Gasteiger partial charge is 0.233 e. The summed E-state index contributed by atoms with van der Waals surface area (Å²) in [6.07, 6.45) is 0.822. The quantitative estimate of drug-likeness (QED) is 0.805. The van der Waals surface area contributed by atoms with Crippen LogP contribution in [0.5, 0.6) is 0 Å². The highest BCUT2D eigenvalue weighted by Gasteiger charge is 2.24. The molecule has 1 amide bonds. The van der Waals surface area contributed by atoms with Gasteiger partial charge in [0.2, 0.25) is 5.91 Å². The minimum atomic E-state index is -0.260. The first kappa shape index (κ1) is 16.6. The standard InChI is InChI=1S/C19H23NOS/c1-15(22-17-12-8-5-9-13-17)18(21)20-19(2,3)14-16-10-6-4-7-11-16/h4-13,15H,14H2,1-3H3,(H,20,21)/t15-/m1/s1. The number of thioether (sulfide) groups is 1. The van der Waals surface area contributed by atoms with Gasteiger partial charge < -0.3 is 5.32 Å². The monoisotopic (exact) mass is 313 g/mol. The molecule has 1 atom stereocenters. The van der Waals surface area contributed by atoms with Crippen LogP contribution in [0.4, 0.5) is 0 Å². The van der Waals surface area contributed by atoms with E-state index >= 15 is 0 Å². The highest BCUT2D eigenvalue weighted by molar-refractivity contribution is 8.00. The number of rotatable bonds is 6. The third kappa shape index (κ3) is 5.23. The van der Waals surface area contributed by atoms with Crippen molar-refractivity contribution in [3.63, 3.8) is 0 Å². The Morgan fingerprint density at radius 1 is 1.05 bits per heavy atom. The van der Waals surface area contributed by atoms with Crippen LogP contribution in [0.2, 0.25) is 0 Å². The molecule has 1 N–H and O–H groups in total. The second kappa shape index (κ2) is 7.50. The van der Waals surface area contributed by atoms with E-state index in [1.165, 1.54) is 5.56 Å². The molecule has 0 spiro atoms. The lowest BCUT2D eigenvalue weighted by Crippen LogP contribution is -2.47. The second-order valence-corrected chi connectivity index (χ2v) is 7.52. The summed E-state index contributed by atoms with van der Waals surface area (Å²) in [6, 6.07) is 20.3. The van der Waals surface area contributed by atoms with Crippen molar-refractivity contribution in [2.75, 3.05) is 0 Å². The van der Waals surface area contributed by atoms with Gasteiger partial charge in [0.05, 0.1) is 5.25 Å². The fourth-order valence-electron chi connectivity index (χ4n) is 2.34. The van der Waals surface area contributed by atoms with Crippen molar-refractivity contribution < 1.29 is 4.79 Å². The first-order valence-electron chi connectivity index (χ1n) is 7.54. The van der Waals surface area contributed by atoms with E-state index in [2.05, 4.69) is 31.3 Å². The zero-order valence-electron chi connectivity index (χ0n) is 13.4. The molecule has 0 aliphatic carbocycles. The van der Waals surface area contributed by atoms with Gasteiger partial charge in [-0.3, -0.25) is 4.79 Å². The minimum Gasteiger partial charge on any atom is -0.350 e. The molecule has 2 aromatic rings. The molecule has 0 aliphatic heterocycles. The Labute approximate surface area is 137 Å². The predicted molar refractivity (Wildman–Crippen MR) is 94.1 cm³/mol. The lowest BCUT2D eigenvalue weighted by Gasteiger charge is -2.28. The van der Waals surface area contributed by atoms with Crippen molar-refractivity contribution in [3.05, 3.63) is 66.2 Å². The maximum absolute atomic E-state index is 12.4. The zero-order chi connectivity index (χ0) is 16.0. The van der Waals surface area contributed by atoms with Crippen LogP contribution in [-0.2, 0) is 11.2 Å². The third-order valence-corrected chi connectivity index (χ3v) is 4.49. The van der Waals surface area contributed by atoms with Crippen molar-refractivity contribution >= 4 is 17.7 Å². The molecule has 0 unspecified atom stereocenters. The minimum absolute atomic E-state index is 0.0785. The topological polar surface area (TPSA) is 29.1 Å². The molecule has 2 aromatic carbocycles. The van der Waals surface area contributed by atoms with Gasteiger partial charge in [-0.15, -0.1) is 11.8 Å². The van der Waals surface area contributed by atoms with Gasteiger partial charge in [0, 0.05) is 10.4 Å². The summed E-state index contributed by atoms with van der Waals surface area (Å²) in [6.45, 7) is 6.08. The molecule has 0 bridgehead atoms. The SMILES string of the molecule is C[C@@H](Sc1ccccc1)C(=O)NC(C)(C)Cc1ccccc1. The van der Waals surface area contributed by atoms with Crippen molar-refractivity contribution in [1.29, 1.82) is 0 Å². The molecule has 22 heavy (non-hydrogen) atoms. The van der Waals surface area contributed by atoms with Gasteiger partial charge in [-0.05, 0) is 44.9 Å². The summed E-state index contributed by atoms with van der Waals surface area (Å²) in [7, 11) is 0. The van der Waals surface area contributed by atoms with E-state index in [0.29, 0.717) is 0 Å². The van der Waals surface area contributed by atoms with Crippen LogP contribution in [0.25, 0.3) is 0 Å². The Morgan fingerprint density at radius 3 is 2.18 bits per heavy atom. The summed E-state index contributed by atoms with van der Waals surface area (Å²) in [5.41, 5.74) is 0.973. The number of nitrogens with one attached hydrogen (secondary N) is 1. The van der Waals surface area contributed by atoms with Gasteiger partial charge >= 0.3 is 0 Å². The first-order chi connectivity index (χ1) is 10.5. The fourth-order valence-corrected chi connectivity index (χ4v) is 3.23. The van der Waals surface area contributed by atoms with Crippen molar-refractivity contribution in [3.8, 4) is 0 Å². The number of hydrogen-bond donors (Lipinski definition) is 1. The normalized spacial score (nSPS) is 12.7. The second-order valence-electron chi connectivity index (χ2n) is 6.11. The molecule has 0 radical (unpaired) electrons. The molecule has 0 saturated heterocycles. The first-order valence-corrected chi connectivity index (χ1v) is 8.42. The molecular formula is C19H23NOS. The molecular weight excluding hydrogens is 290 g/mol. The molecule has 0 fully saturated rings. The van der Waals surface area contributed by atoms with E-state index < -0.39 is 0 Å². The Kier molecular flexibility index (Phi) is 5.67. The average molecular weight is 313 g/mol. The summed E-state index contributed by atoms with van der Waals surface area (Å²) >= 11 is 1.59. The largest absolute Gasteiger partial charge is 0.350 e. The number of benzene rings is 2. The van der Waals surface area contributed by atoms with Crippen LogP contribution in [-0.4, -0.2) is 16.7 Å². The molecule has 116 valence electrons. The van der Waals surface area contributed by atoms with E-state index in [1.807, 2.05) is 55.5 Å². The summed E-state index contributed by atoms with van der Waals surface area (Å²) in [4.78, 5) is 13.5. The van der Waals surface area contributed by atoms with Crippen LogP contribution in [0.1, 0.15) is 26.3 Å². The van der Waals surface area contributed by atoms with Crippen LogP contribution >= 0.6 is 11.8 Å². The van der Waals surface area contributed by atoms with E-state index in [4.69, 9.17) is 0 Å². The summed E-state index contributed by atoms with van der Waals surface area (Å²) in [5, 5.41) is 3.05. The van der Waals surface area contributed by atoms with Crippen molar-refractivity contribution in [1.82, 2.24) is 5.32 Å². The average Bonchev–Trinajstić information content (AvgIpc) is 2.48. The fraction of sp³-hybridized carbons (Fsp3) is 0.316. The maximum atomic E-state index is 12.4. The third-order valence-electron chi connectivity index (χ3n) is 3.38. The molecule has 0 saturated carbocycles. The number of carbonyl (C=O) groups excluding carboxylic acids is 1. The summed E-state index contributed by atoms with van der Waals surface area (Å²) in [5.74, 6) is 0.0785. The van der Waals surface area contributed by atoms with Gasteiger partial charge in [0.25, 0.3) is 0 Å². The van der Waals surface area contributed by atoms with Crippen LogP contribution in [0, 0.1) is 0 Å². The van der Waals surface area contributed by atoms with E-state index in [-0.39, 0.29) is 16.7 Å². The molecule has 0 aliphatic rings. The summed E-state index contributed by atoms with van der Waals surface area (Å²) < 4.78 is 0. The van der Waals surface area contributed by atoms with E-state index in [1.54, 1.807) is 11.8 Å². The van der Waals surface area contributed by atoms with Crippen molar-refractivity contribution in [2.45, 2.75) is 42.9 Å². The van der Waals surface area contributed by atoms with Crippen LogP contribution < -0.4 is 5.32 Å². The number of amides is 1. The highest BCUT2D eigenvalue weighted by atomic mass is 32.2. The van der Waals surface area contributed by atoms with Gasteiger partial charge in [0.15, 0.2) is 0 Å². The molecule has 2 nitrogen and oxygen atoms in total. The Bertz CT molecular complexity index is 595. The molecule has 0 aromatic heterocycles.